The lowest BCUT2D eigenvalue weighted by atomic mass is 10.1. The maximum atomic E-state index is 5.85. The van der Waals surface area contributed by atoms with Crippen LogP contribution in [0.15, 0.2) is 36.4 Å². The topological polar surface area (TPSA) is 9.23 Å². The number of benzene rings is 1. The summed E-state index contributed by atoms with van der Waals surface area (Å²) in [4.78, 5) is 0. The summed E-state index contributed by atoms with van der Waals surface area (Å²) < 4.78 is 5.85. The van der Waals surface area contributed by atoms with Crippen molar-refractivity contribution in [3.8, 4) is 5.75 Å². The maximum absolute atomic E-state index is 5.85. The Labute approximate surface area is 137 Å². The molecule has 0 unspecified atom stereocenters. The van der Waals surface area contributed by atoms with E-state index in [2.05, 4.69) is 50.3 Å². The van der Waals surface area contributed by atoms with E-state index in [1.165, 1.54) is 63.4 Å². The van der Waals surface area contributed by atoms with Crippen LogP contribution in [0.5, 0.6) is 5.75 Å². The third-order valence-electron chi connectivity index (χ3n) is 3.91. The average molecular weight is 303 g/mol. The number of hydrogen-bond acceptors (Lipinski definition) is 1. The fourth-order valence-electron chi connectivity index (χ4n) is 2.53. The summed E-state index contributed by atoms with van der Waals surface area (Å²) >= 11 is 0. The van der Waals surface area contributed by atoms with E-state index >= 15 is 0 Å². The molecule has 0 heterocycles. The number of rotatable bonds is 13. The van der Waals surface area contributed by atoms with Crippen molar-refractivity contribution in [1.82, 2.24) is 0 Å². The van der Waals surface area contributed by atoms with Crippen LogP contribution in [-0.2, 0) is 6.42 Å². The fourth-order valence-corrected chi connectivity index (χ4v) is 2.53. The zero-order chi connectivity index (χ0) is 15.9. The molecule has 0 aliphatic heterocycles. The molecule has 0 spiro atoms. The molecular formula is C21H34O. The van der Waals surface area contributed by atoms with E-state index in [1.54, 1.807) is 0 Å². The quantitative estimate of drug-likeness (QED) is 0.290. The molecule has 1 nitrogen and oxygen atoms in total. The molecule has 0 fully saturated rings. The van der Waals surface area contributed by atoms with Crippen molar-refractivity contribution in [2.75, 3.05) is 6.61 Å². The van der Waals surface area contributed by atoms with Crippen molar-refractivity contribution in [1.29, 1.82) is 0 Å². The van der Waals surface area contributed by atoms with Gasteiger partial charge < -0.3 is 4.74 Å². The molecule has 0 saturated carbocycles. The highest BCUT2D eigenvalue weighted by Crippen LogP contribution is 2.16. The van der Waals surface area contributed by atoms with Gasteiger partial charge in [-0.1, -0.05) is 76.7 Å². The average Bonchev–Trinajstić information content (AvgIpc) is 2.54. The van der Waals surface area contributed by atoms with E-state index in [0.717, 1.165) is 18.8 Å². The third kappa shape index (κ3) is 9.65. The minimum Gasteiger partial charge on any atom is -0.493 e. The summed E-state index contributed by atoms with van der Waals surface area (Å²) in [6.45, 7) is 5.27. The lowest BCUT2D eigenvalue weighted by Crippen LogP contribution is -1.96. The number of ether oxygens (including phenoxy) is 1. The van der Waals surface area contributed by atoms with Crippen molar-refractivity contribution in [3.05, 3.63) is 42.0 Å². The van der Waals surface area contributed by atoms with Gasteiger partial charge in [0.15, 0.2) is 0 Å². The van der Waals surface area contributed by atoms with E-state index in [0.29, 0.717) is 0 Å². The Morgan fingerprint density at radius 2 is 1.64 bits per heavy atom. The molecule has 0 bridgehead atoms. The van der Waals surface area contributed by atoms with Gasteiger partial charge >= 0.3 is 0 Å². The van der Waals surface area contributed by atoms with Crippen molar-refractivity contribution in [2.45, 2.75) is 78.1 Å². The summed E-state index contributed by atoms with van der Waals surface area (Å²) in [6, 6.07) is 8.62. The molecule has 22 heavy (non-hydrogen) atoms. The Hall–Kier alpha value is -1.24. The van der Waals surface area contributed by atoms with Gasteiger partial charge in [0.2, 0.25) is 0 Å². The van der Waals surface area contributed by atoms with Crippen LogP contribution < -0.4 is 4.74 Å². The zero-order valence-corrected chi connectivity index (χ0v) is 14.7. The predicted octanol–water partition coefficient (Wildman–Crippen LogP) is 6.71. The summed E-state index contributed by atoms with van der Waals surface area (Å²) in [5.41, 5.74) is 1.41. The fraction of sp³-hybridized carbons (Fsp3) is 0.619. The molecule has 1 aromatic carbocycles. The number of aryl methyl sites for hydroxylation is 1. The largest absolute Gasteiger partial charge is 0.493 e. The van der Waals surface area contributed by atoms with E-state index in [1.807, 2.05) is 0 Å². The maximum Gasteiger partial charge on any atom is 0.119 e. The molecular weight excluding hydrogens is 268 g/mol. The molecule has 1 heteroatoms. The normalized spacial score (nSPS) is 11.2. The molecule has 0 aliphatic carbocycles. The second kappa shape index (κ2) is 13.4. The van der Waals surface area contributed by atoms with Crippen LogP contribution in [0.2, 0.25) is 0 Å². The van der Waals surface area contributed by atoms with Crippen molar-refractivity contribution >= 4 is 0 Å². The summed E-state index contributed by atoms with van der Waals surface area (Å²) in [6.07, 6.45) is 17.2. The Bertz CT molecular complexity index is 395. The molecule has 0 aliphatic rings. The number of allylic oxidation sites excluding steroid dienone is 1. The first-order valence-corrected chi connectivity index (χ1v) is 9.23. The Morgan fingerprint density at radius 1 is 0.864 bits per heavy atom. The Morgan fingerprint density at radius 3 is 2.45 bits per heavy atom. The minimum absolute atomic E-state index is 0.780. The molecule has 124 valence electrons. The molecule has 0 atom stereocenters. The lowest BCUT2D eigenvalue weighted by Gasteiger charge is -2.07. The zero-order valence-electron chi connectivity index (χ0n) is 14.7. The van der Waals surface area contributed by atoms with Crippen LogP contribution in [0.4, 0.5) is 0 Å². The second-order valence-electron chi connectivity index (χ2n) is 6.06. The van der Waals surface area contributed by atoms with E-state index in [-0.39, 0.29) is 0 Å². The lowest BCUT2D eigenvalue weighted by molar-refractivity contribution is 0.324. The first-order valence-electron chi connectivity index (χ1n) is 9.23. The molecule has 0 amide bonds. The van der Waals surface area contributed by atoms with Gasteiger partial charge in [-0.15, -0.1) is 0 Å². The summed E-state index contributed by atoms with van der Waals surface area (Å²) in [7, 11) is 0. The van der Waals surface area contributed by atoms with Gasteiger partial charge in [0.1, 0.15) is 5.75 Å². The van der Waals surface area contributed by atoms with Gasteiger partial charge in [-0.3, -0.25) is 0 Å². The molecule has 1 rings (SSSR count). The molecule has 0 aromatic heterocycles. The van der Waals surface area contributed by atoms with Gasteiger partial charge in [-0.05, 0) is 43.4 Å². The molecule has 0 N–H and O–H groups in total. The SMILES string of the molecule is CCCC/C=C\CCOc1cccc(CCCCCCC)c1. The van der Waals surface area contributed by atoms with E-state index < -0.39 is 0 Å². The van der Waals surface area contributed by atoms with Gasteiger partial charge in [0.25, 0.3) is 0 Å². The highest BCUT2D eigenvalue weighted by atomic mass is 16.5. The highest BCUT2D eigenvalue weighted by molar-refractivity contribution is 5.28. The molecule has 0 saturated heterocycles. The van der Waals surface area contributed by atoms with Crippen LogP contribution in [0.25, 0.3) is 0 Å². The predicted molar refractivity (Wildman–Crippen MR) is 97.7 cm³/mol. The standard InChI is InChI=1S/C21H34O/c1-3-5-7-9-11-13-18-22-21-17-14-16-20(19-21)15-12-10-8-6-4-2/h9,11,14,16-17,19H,3-8,10,12-13,15,18H2,1-2H3/b11-9-. The van der Waals surface area contributed by atoms with Crippen molar-refractivity contribution in [2.24, 2.45) is 0 Å². The van der Waals surface area contributed by atoms with Crippen LogP contribution in [-0.4, -0.2) is 6.61 Å². The Balaban J connectivity index is 2.18. The monoisotopic (exact) mass is 302 g/mol. The van der Waals surface area contributed by atoms with E-state index in [4.69, 9.17) is 4.74 Å². The summed E-state index contributed by atoms with van der Waals surface area (Å²) in [5, 5.41) is 0. The highest BCUT2D eigenvalue weighted by Gasteiger charge is 1.97. The first kappa shape index (κ1) is 18.8. The van der Waals surface area contributed by atoms with Gasteiger partial charge in [-0.25, -0.2) is 0 Å². The smallest absolute Gasteiger partial charge is 0.119 e. The molecule has 0 radical (unpaired) electrons. The summed E-state index contributed by atoms with van der Waals surface area (Å²) in [5.74, 6) is 1.02. The Kier molecular flexibility index (Phi) is 11.5. The number of unbranched alkanes of at least 4 members (excludes halogenated alkanes) is 6. The second-order valence-corrected chi connectivity index (χ2v) is 6.06. The van der Waals surface area contributed by atoms with Crippen LogP contribution in [0, 0.1) is 0 Å². The first-order chi connectivity index (χ1) is 10.9. The number of hydrogen-bond donors (Lipinski definition) is 0. The third-order valence-corrected chi connectivity index (χ3v) is 3.91. The van der Waals surface area contributed by atoms with Crippen molar-refractivity contribution in [3.63, 3.8) is 0 Å². The van der Waals surface area contributed by atoms with Crippen LogP contribution >= 0.6 is 0 Å². The van der Waals surface area contributed by atoms with Gasteiger partial charge in [0.05, 0.1) is 6.61 Å². The van der Waals surface area contributed by atoms with Gasteiger partial charge in [0, 0.05) is 0 Å². The van der Waals surface area contributed by atoms with Crippen molar-refractivity contribution < 1.29 is 4.74 Å². The van der Waals surface area contributed by atoms with Gasteiger partial charge in [-0.2, -0.15) is 0 Å². The van der Waals surface area contributed by atoms with Crippen LogP contribution in [0.3, 0.4) is 0 Å². The van der Waals surface area contributed by atoms with Crippen LogP contribution in [0.1, 0.15) is 77.2 Å². The molecule has 1 aromatic rings. The van der Waals surface area contributed by atoms with E-state index in [9.17, 15) is 0 Å². The minimum atomic E-state index is 0.780.